The number of rotatable bonds is 4. The summed E-state index contributed by atoms with van der Waals surface area (Å²) in [4.78, 5) is 10.7. The van der Waals surface area contributed by atoms with Gasteiger partial charge in [-0.3, -0.25) is 9.35 Å². The highest BCUT2D eigenvalue weighted by molar-refractivity contribution is 7.80. The first-order valence-electron chi connectivity index (χ1n) is 2.88. The SMILES string of the molecule is C=C(C)C(=O)NCOS(=O)(=O)O. The van der Waals surface area contributed by atoms with Crippen molar-refractivity contribution in [2.45, 2.75) is 6.92 Å². The standard InChI is InChI=1S/C5H9NO5S/c1-4(2)5(7)6-3-11-12(8,9)10/h1,3H2,2H3,(H,6,7)(H,8,9,10). The molecule has 0 aromatic heterocycles. The van der Waals surface area contributed by atoms with Crippen LogP contribution in [0.4, 0.5) is 0 Å². The lowest BCUT2D eigenvalue weighted by Gasteiger charge is -2.02. The van der Waals surface area contributed by atoms with Crippen molar-refractivity contribution in [2.24, 2.45) is 0 Å². The molecule has 0 atom stereocenters. The van der Waals surface area contributed by atoms with Gasteiger partial charge in [0.05, 0.1) is 0 Å². The second-order valence-electron chi connectivity index (χ2n) is 1.98. The van der Waals surface area contributed by atoms with Gasteiger partial charge in [-0.2, -0.15) is 8.42 Å². The summed E-state index contributed by atoms with van der Waals surface area (Å²) >= 11 is 0. The minimum Gasteiger partial charge on any atom is -0.328 e. The molecule has 0 unspecified atom stereocenters. The average molecular weight is 195 g/mol. The molecule has 12 heavy (non-hydrogen) atoms. The first kappa shape index (κ1) is 11.1. The third-order valence-electron chi connectivity index (χ3n) is 0.828. The van der Waals surface area contributed by atoms with Crippen molar-refractivity contribution in [3.8, 4) is 0 Å². The van der Waals surface area contributed by atoms with Gasteiger partial charge in [0, 0.05) is 5.57 Å². The van der Waals surface area contributed by atoms with Crippen LogP contribution in [-0.2, 0) is 19.4 Å². The lowest BCUT2D eigenvalue weighted by atomic mass is 10.3. The van der Waals surface area contributed by atoms with E-state index in [1.165, 1.54) is 6.92 Å². The van der Waals surface area contributed by atoms with Crippen LogP contribution in [0.3, 0.4) is 0 Å². The van der Waals surface area contributed by atoms with Gasteiger partial charge in [0.15, 0.2) is 0 Å². The Morgan fingerprint density at radius 1 is 1.67 bits per heavy atom. The van der Waals surface area contributed by atoms with Crippen LogP contribution < -0.4 is 5.32 Å². The smallest absolute Gasteiger partial charge is 0.328 e. The van der Waals surface area contributed by atoms with E-state index >= 15 is 0 Å². The van der Waals surface area contributed by atoms with Crippen LogP contribution in [0.2, 0.25) is 0 Å². The Labute approximate surface area is 70.2 Å². The summed E-state index contributed by atoms with van der Waals surface area (Å²) in [5.74, 6) is -0.543. The molecule has 6 nitrogen and oxygen atoms in total. The van der Waals surface area contributed by atoms with E-state index in [-0.39, 0.29) is 5.57 Å². The fraction of sp³-hybridized carbons (Fsp3) is 0.400. The fourth-order valence-corrected chi connectivity index (χ4v) is 0.528. The van der Waals surface area contributed by atoms with Gasteiger partial charge in [-0.25, -0.2) is 4.18 Å². The lowest BCUT2D eigenvalue weighted by molar-refractivity contribution is -0.118. The van der Waals surface area contributed by atoms with E-state index in [0.717, 1.165) is 0 Å². The van der Waals surface area contributed by atoms with Crippen LogP contribution in [0.15, 0.2) is 12.2 Å². The molecule has 0 aromatic carbocycles. The zero-order valence-electron chi connectivity index (χ0n) is 6.40. The Hall–Kier alpha value is -0.920. The predicted molar refractivity (Wildman–Crippen MR) is 40.5 cm³/mol. The Balaban J connectivity index is 3.73. The Kier molecular flexibility index (Phi) is 3.87. The fourth-order valence-electron chi connectivity index (χ4n) is 0.320. The summed E-state index contributed by atoms with van der Waals surface area (Å²) in [7, 11) is -4.49. The van der Waals surface area contributed by atoms with Gasteiger partial charge in [-0.05, 0) is 6.92 Å². The summed E-state index contributed by atoms with van der Waals surface area (Å²) in [5.41, 5.74) is 0.217. The zero-order valence-corrected chi connectivity index (χ0v) is 7.22. The van der Waals surface area contributed by atoms with Gasteiger partial charge in [0.1, 0.15) is 6.73 Å². The molecule has 0 rings (SSSR count). The predicted octanol–water partition coefficient (Wildman–Crippen LogP) is -0.544. The molecule has 7 heteroatoms. The molecular weight excluding hydrogens is 186 g/mol. The summed E-state index contributed by atoms with van der Waals surface area (Å²) in [5, 5.41) is 2.04. The summed E-state index contributed by atoms with van der Waals surface area (Å²) in [6.07, 6.45) is 0. The van der Waals surface area contributed by atoms with E-state index < -0.39 is 23.0 Å². The van der Waals surface area contributed by atoms with Gasteiger partial charge in [-0.15, -0.1) is 0 Å². The Bertz CT molecular complexity index is 280. The molecule has 0 heterocycles. The summed E-state index contributed by atoms with van der Waals surface area (Å²) < 4.78 is 31.7. The number of carbonyl (C=O) groups is 1. The van der Waals surface area contributed by atoms with Crippen molar-refractivity contribution in [1.29, 1.82) is 0 Å². The lowest BCUT2D eigenvalue weighted by Crippen LogP contribution is -2.27. The summed E-state index contributed by atoms with van der Waals surface area (Å²) in [6.45, 7) is 4.13. The van der Waals surface area contributed by atoms with E-state index in [9.17, 15) is 13.2 Å². The van der Waals surface area contributed by atoms with E-state index in [1.807, 2.05) is 5.32 Å². The number of nitrogens with one attached hydrogen (secondary N) is 1. The molecule has 0 aliphatic rings. The van der Waals surface area contributed by atoms with Gasteiger partial charge in [-0.1, -0.05) is 6.58 Å². The van der Waals surface area contributed by atoms with E-state index in [2.05, 4.69) is 10.8 Å². The van der Waals surface area contributed by atoms with Crippen molar-refractivity contribution in [1.82, 2.24) is 5.32 Å². The van der Waals surface area contributed by atoms with Crippen molar-refractivity contribution in [2.75, 3.05) is 6.73 Å². The van der Waals surface area contributed by atoms with Crippen LogP contribution >= 0.6 is 0 Å². The highest BCUT2D eigenvalue weighted by Crippen LogP contribution is 1.87. The number of carbonyl (C=O) groups excluding carboxylic acids is 1. The molecule has 0 spiro atoms. The van der Waals surface area contributed by atoms with Crippen molar-refractivity contribution >= 4 is 16.3 Å². The monoisotopic (exact) mass is 195 g/mol. The van der Waals surface area contributed by atoms with Gasteiger partial charge in [0.25, 0.3) is 0 Å². The zero-order chi connectivity index (χ0) is 9.78. The third-order valence-corrected chi connectivity index (χ3v) is 1.24. The topological polar surface area (TPSA) is 92.7 Å². The summed E-state index contributed by atoms with van der Waals surface area (Å²) in [6, 6.07) is 0. The quantitative estimate of drug-likeness (QED) is 0.357. The molecule has 0 saturated carbocycles. The molecule has 0 bridgehead atoms. The van der Waals surface area contributed by atoms with Crippen LogP contribution in [0.25, 0.3) is 0 Å². The number of hydrogen-bond donors (Lipinski definition) is 2. The average Bonchev–Trinajstić information content (AvgIpc) is 1.84. The third kappa shape index (κ3) is 5.83. The molecule has 0 fully saturated rings. The van der Waals surface area contributed by atoms with Crippen molar-refractivity contribution in [3.63, 3.8) is 0 Å². The molecule has 1 amide bonds. The van der Waals surface area contributed by atoms with E-state index in [4.69, 9.17) is 4.55 Å². The van der Waals surface area contributed by atoms with Crippen molar-refractivity contribution in [3.05, 3.63) is 12.2 Å². The maximum absolute atomic E-state index is 10.7. The molecule has 0 aromatic rings. The second kappa shape index (κ2) is 4.19. The Morgan fingerprint density at radius 2 is 2.17 bits per heavy atom. The first-order chi connectivity index (χ1) is 5.33. The van der Waals surface area contributed by atoms with Gasteiger partial charge < -0.3 is 5.32 Å². The number of amides is 1. The minimum absolute atomic E-state index is 0.217. The molecule has 2 N–H and O–H groups in total. The van der Waals surface area contributed by atoms with Crippen LogP contribution in [0, 0.1) is 0 Å². The van der Waals surface area contributed by atoms with E-state index in [0.29, 0.717) is 0 Å². The van der Waals surface area contributed by atoms with E-state index in [1.54, 1.807) is 0 Å². The van der Waals surface area contributed by atoms with Gasteiger partial charge in [0.2, 0.25) is 5.91 Å². The highest BCUT2D eigenvalue weighted by Gasteiger charge is 2.05. The van der Waals surface area contributed by atoms with Gasteiger partial charge >= 0.3 is 10.4 Å². The first-order valence-corrected chi connectivity index (χ1v) is 4.25. The molecule has 0 saturated heterocycles. The maximum atomic E-state index is 10.7. The van der Waals surface area contributed by atoms with Crippen LogP contribution in [-0.4, -0.2) is 25.6 Å². The Morgan fingerprint density at radius 3 is 2.50 bits per heavy atom. The number of hydrogen-bond acceptors (Lipinski definition) is 4. The molecular formula is C5H9NO5S. The second-order valence-corrected chi connectivity index (χ2v) is 3.07. The normalized spacial score (nSPS) is 10.8. The largest absolute Gasteiger partial charge is 0.399 e. The van der Waals surface area contributed by atoms with Crippen LogP contribution in [0.5, 0.6) is 0 Å². The molecule has 0 aliphatic heterocycles. The van der Waals surface area contributed by atoms with Crippen LogP contribution in [0.1, 0.15) is 6.92 Å². The highest BCUT2D eigenvalue weighted by atomic mass is 32.3. The molecule has 0 radical (unpaired) electrons. The molecule has 70 valence electrons. The maximum Gasteiger partial charge on any atom is 0.399 e. The van der Waals surface area contributed by atoms with Crippen molar-refractivity contribution < 1.29 is 21.9 Å². The minimum atomic E-state index is -4.49. The molecule has 0 aliphatic carbocycles.